The molecule has 2 rings (SSSR count). The number of aryl methyl sites for hydroxylation is 3. The first-order valence-corrected chi connectivity index (χ1v) is 8.50. The number of ether oxygens (including phenoxy) is 2. The summed E-state index contributed by atoms with van der Waals surface area (Å²) in [6, 6.07) is 10.2. The van der Waals surface area contributed by atoms with Crippen LogP contribution in [0.2, 0.25) is 0 Å². The summed E-state index contributed by atoms with van der Waals surface area (Å²) >= 11 is 0. The van der Waals surface area contributed by atoms with E-state index in [0.29, 0.717) is 16.9 Å². The minimum Gasteiger partial charge on any atom is -0.497 e. The molecule has 0 unspecified atom stereocenters. The summed E-state index contributed by atoms with van der Waals surface area (Å²) in [5, 5.41) is 2.46. The second-order valence-corrected chi connectivity index (χ2v) is 6.25. The lowest BCUT2D eigenvalue weighted by molar-refractivity contribution is -0.141. The molecule has 2 aromatic carbocycles. The van der Waals surface area contributed by atoms with E-state index in [1.807, 2.05) is 26.8 Å². The molecule has 6 heteroatoms. The van der Waals surface area contributed by atoms with Gasteiger partial charge < -0.3 is 14.8 Å². The molecule has 6 nitrogen and oxygen atoms in total. The van der Waals surface area contributed by atoms with Crippen molar-refractivity contribution in [2.45, 2.75) is 20.8 Å². The molecule has 142 valence electrons. The van der Waals surface area contributed by atoms with Gasteiger partial charge in [-0.15, -0.1) is 0 Å². The summed E-state index contributed by atoms with van der Waals surface area (Å²) < 4.78 is 10.0. The van der Waals surface area contributed by atoms with Gasteiger partial charge >= 0.3 is 5.97 Å². The second-order valence-electron chi connectivity index (χ2n) is 6.25. The van der Waals surface area contributed by atoms with Gasteiger partial charge in [0, 0.05) is 11.1 Å². The van der Waals surface area contributed by atoms with Crippen molar-refractivity contribution in [3.63, 3.8) is 0 Å². The quantitative estimate of drug-likeness (QED) is 0.599. The molecule has 27 heavy (non-hydrogen) atoms. The summed E-state index contributed by atoms with van der Waals surface area (Å²) in [6.07, 6.45) is 0. The number of amides is 1. The lowest BCUT2D eigenvalue weighted by atomic mass is 9.98. The Morgan fingerprint density at radius 1 is 0.926 bits per heavy atom. The van der Waals surface area contributed by atoms with Crippen LogP contribution in [0.4, 0.5) is 0 Å². The van der Waals surface area contributed by atoms with Crippen molar-refractivity contribution in [3.8, 4) is 5.75 Å². The molecule has 0 aliphatic rings. The highest BCUT2D eigenvalue weighted by Gasteiger charge is 2.14. The second kappa shape index (κ2) is 8.98. The Morgan fingerprint density at radius 2 is 1.56 bits per heavy atom. The Bertz CT molecular complexity index is 856. The van der Waals surface area contributed by atoms with Crippen molar-refractivity contribution >= 4 is 17.7 Å². The minimum atomic E-state index is -0.674. The van der Waals surface area contributed by atoms with Crippen LogP contribution < -0.4 is 10.1 Å². The smallest absolute Gasteiger partial charge is 0.325 e. The van der Waals surface area contributed by atoms with Gasteiger partial charge in [0.2, 0.25) is 5.78 Å². The average Bonchev–Trinajstić information content (AvgIpc) is 2.67. The number of methoxy groups -OCH3 is 1. The average molecular weight is 369 g/mol. The highest BCUT2D eigenvalue weighted by Crippen LogP contribution is 2.16. The Balaban J connectivity index is 1.84. The SMILES string of the molecule is COc1ccc(C(=O)NCC(=O)OCC(=O)c2cc(C)c(C)cc2C)cc1. The number of benzene rings is 2. The van der Waals surface area contributed by atoms with Crippen molar-refractivity contribution in [2.75, 3.05) is 20.3 Å². The van der Waals surface area contributed by atoms with Crippen LogP contribution in [0.5, 0.6) is 5.75 Å². The Hall–Kier alpha value is -3.15. The van der Waals surface area contributed by atoms with Gasteiger partial charge in [0.25, 0.3) is 5.91 Å². The molecule has 0 heterocycles. The Labute approximate surface area is 158 Å². The van der Waals surface area contributed by atoms with E-state index in [2.05, 4.69) is 5.32 Å². The zero-order valence-corrected chi connectivity index (χ0v) is 15.9. The summed E-state index contributed by atoms with van der Waals surface area (Å²) in [5.41, 5.74) is 3.87. The van der Waals surface area contributed by atoms with Crippen LogP contribution in [-0.4, -0.2) is 37.9 Å². The molecule has 0 fully saturated rings. The largest absolute Gasteiger partial charge is 0.497 e. The maximum absolute atomic E-state index is 12.3. The molecule has 0 aromatic heterocycles. The number of carbonyl (C=O) groups excluding carboxylic acids is 3. The molecule has 0 bridgehead atoms. The zero-order chi connectivity index (χ0) is 20.0. The maximum atomic E-state index is 12.3. The highest BCUT2D eigenvalue weighted by molar-refractivity contribution is 6.00. The fourth-order valence-electron chi connectivity index (χ4n) is 2.53. The van der Waals surface area contributed by atoms with Crippen LogP contribution in [0.3, 0.4) is 0 Å². The van der Waals surface area contributed by atoms with Gasteiger partial charge in [-0.05, 0) is 67.8 Å². The number of hydrogen-bond donors (Lipinski definition) is 1. The van der Waals surface area contributed by atoms with Crippen LogP contribution in [-0.2, 0) is 9.53 Å². The van der Waals surface area contributed by atoms with Gasteiger partial charge in [-0.1, -0.05) is 6.07 Å². The van der Waals surface area contributed by atoms with Crippen LogP contribution in [0.15, 0.2) is 36.4 Å². The fourth-order valence-corrected chi connectivity index (χ4v) is 2.53. The van der Waals surface area contributed by atoms with E-state index in [1.165, 1.54) is 7.11 Å². The van der Waals surface area contributed by atoms with E-state index in [-0.39, 0.29) is 18.9 Å². The Kier molecular flexibility index (Phi) is 6.71. The first kappa shape index (κ1) is 20.2. The third-order valence-electron chi connectivity index (χ3n) is 4.25. The van der Waals surface area contributed by atoms with Crippen LogP contribution >= 0.6 is 0 Å². The molecule has 0 radical (unpaired) electrons. The van der Waals surface area contributed by atoms with Gasteiger partial charge in [0.1, 0.15) is 12.3 Å². The third kappa shape index (κ3) is 5.41. The molecule has 1 N–H and O–H groups in total. The van der Waals surface area contributed by atoms with Crippen molar-refractivity contribution in [3.05, 3.63) is 64.2 Å². The van der Waals surface area contributed by atoms with E-state index < -0.39 is 11.9 Å². The maximum Gasteiger partial charge on any atom is 0.325 e. The summed E-state index contributed by atoms with van der Waals surface area (Å²) in [4.78, 5) is 36.1. The van der Waals surface area contributed by atoms with E-state index in [1.54, 1.807) is 30.3 Å². The van der Waals surface area contributed by atoms with Crippen molar-refractivity contribution in [1.29, 1.82) is 0 Å². The molecule has 0 atom stereocenters. The highest BCUT2D eigenvalue weighted by atomic mass is 16.5. The van der Waals surface area contributed by atoms with Crippen LogP contribution in [0.25, 0.3) is 0 Å². The van der Waals surface area contributed by atoms with Gasteiger partial charge in [-0.2, -0.15) is 0 Å². The van der Waals surface area contributed by atoms with E-state index in [0.717, 1.165) is 16.7 Å². The number of rotatable bonds is 7. The first-order valence-electron chi connectivity index (χ1n) is 8.50. The monoisotopic (exact) mass is 369 g/mol. The predicted octanol–water partition coefficient (Wildman–Crippen LogP) is 2.78. The van der Waals surface area contributed by atoms with E-state index in [4.69, 9.17) is 9.47 Å². The minimum absolute atomic E-state index is 0.273. The predicted molar refractivity (Wildman–Crippen MR) is 101 cm³/mol. The molecule has 0 aliphatic heterocycles. The molecule has 0 saturated carbocycles. The van der Waals surface area contributed by atoms with Crippen molar-refractivity contribution < 1.29 is 23.9 Å². The summed E-state index contributed by atoms with van der Waals surface area (Å²) in [5.74, 6) is -0.728. The van der Waals surface area contributed by atoms with Crippen LogP contribution in [0.1, 0.15) is 37.4 Å². The summed E-state index contributed by atoms with van der Waals surface area (Å²) in [7, 11) is 1.53. The van der Waals surface area contributed by atoms with Crippen LogP contribution in [0, 0.1) is 20.8 Å². The first-order chi connectivity index (χ1) is 12.8. The molecular formula is C21H23NO5. The molecule has 0 spiro atoms. The van der Waals surface area contributed by atoms with Gasteiger partial charge in [0.15, 0.2) is 6.61 Å². The fraction of sp³-hybridized carbons (Fsp3) is 0.286. The van der Waals surface area contributed by atoms with Crippen molar-refractivity contribution in [1.82, 2.24) is 5.32 Å². The standard InChI is InChI=1S/C21H23NO5/c1-13-9-15(3)18(10-14(13)2)19(23)12-27-20(24)11-22-21(25)16-5-7-17(26-4)8-6-16/h5-10H,11-12H2,1-4H3,(H,22,25). The number of ketones is 1. The van der Waals surface area contributed by atoms with E-state index >= 15 is 0 Å². The number of esters is 1. The van der Waals surface area contributed by atoms with Crippen molar-refractivity contribution in [2.24, 2.45) is 0 Å². The topological polar surface area (TPSA) is 81.7 Å². The molecular weight excluding hydrogens is 346 g/mol. The van der Waals surface area contributed by atoms with E-state index in [9.17, 15) is 14.4 Å². The normalized spacial score (nSPS) is 10.2. The van der Waals surface area contributed by atoms with Gasteiger partial charge in [0.05, 0.1) is 7.11 Å². The zero-order valence-electron chi connectivity index (χ0n) is 15.9. The lowest BCUT2D eigenvalue weighted by Gasteiger charge is -2.10. The van der Waals surface area contributed by atoms with Gasteiger partial charge in [-0.25, -0.2) is 0 Å². The number of nitrogens with one attached hydrogen (secondary N) is 1. The van der Waals surface area contributed by atoms with Gasteiger partial charge in [-0.3, -0.25) is 14.4 Å². The number of Topliss-reactive ketones (excluding diaryl/α,β-unsaturated/α-hetero) is 1. The number of carbonyl (C=O) groups is 3. The molecule has 0 saturated heterocycles. The third-order valence-corrected chi connectivity index (χ3v) is 4.25. The Morgan fingerprint density at radius 3 is 2.19 bits per heavy atom. The molecule has 0 aliphatic carbocycles. The molecule has 2 aromatic rings. The summed E-state index contributed by atoms with van der Waals surface area (Å²) in [6.45, 7) is 5.07. The lowest BCUT2D eigenvalue weighted by Crippen LogP contribution is -2.31. The molecule has 1 amide bonds. The number of hydrogen-bond acceptors (Lipinski definition) is 5.